The summed E-state index contributed by atoms with van der Waals surface area (Å²) in [5.41, 5.74) is 1.75. The van der Waals surface area contributed by atoms with Gasteiger partial charge in [-0.25, -0.2) is 8.42 Å². The van der Waals surface area contributed by atoms with Crippen molar-refractivity contribution in [3.63, 3.8) is 0 Å². The molecule has 0 saturated heterocycles. The molecule has 0 spiro atoms. The van der Waals surface area contributed by atoms with E-state index in [1.165, 1.54) is 25.7 Å². The molecule has 0 heterocycles. The first-order chi connectivity index (χ1) is 24.3. The summed E-state index contributed by atoms with van der Waals surface area (Å²) in [5, 5.41) is 0. The molecule has 0 bridgehead atoms. The summed E-state index contributed by atoms with van der Waals surface area (Å²) < 4.78 is 48.6. The van der Waals surface area contributed by atoms with Gasteiger partial charge in [-0.2, -0.15) is 12.8 Å². The van der Waals surface area contributed by atoms with Crippen LogP contribution in [0.15, 0.2) is 0 Å². The van der Waals surface area contributed by atoms with E-state index < -0.39 is 27.8 Å². The Morgan fingerprint density at radius 3 is 1.07 bits per heavy atom. The van der Waals surface area contributed by atoms with Gasteiger partial charge in [-0.1, -0.05) is 170 Å². The second-order valence-electron chi connectivity index (χ2n) is 27.0. The molecule has 1 unspecified atom stereocenters. The van der Waals surface area contributed by atoms with Crippen molar-refractivity contribution in [1.82, 2.24) is 0 Å². The van der Waals surface area contributed by atoms with Crippen molar-refractivity contribution in [1.29, 1.82) is 0 Å². The van der Waals surface area contributed by atoms with Gasteiger partial charge in [0.1, 0.15) is 0 Å². The van der Waals surface area contributed by atoms with E-state index in [9.17, 15) is 17.2 Å². The zero-order chi connectivity index (χ0) is 47.5. The quantitative estimate of drug-likeness (QED) is 0.153. The Morgan fingerprint density at radius 2 is 0.897 bits per heavy atom. The van der Waals surface area contributed by atoms with Gasteiger partial charge in [0.15, 0.2) is 9.84 Å². The summed E-state index contributed by atoms with van der Waals surface area (Å²) in [6.45, 7) is 60.1. The van der Waals surface area contributed by atoms with Gasteiger partial charge < -0.3 is 11.0 Å². The fourth-order valence-electron chi connectivity index (χ4n) is 6.00. The largest absolute Gasteiger partial charge is 0 e. The van der Waals surface area contributed by atoms with Crippen molar-refractivity contribution in [3.05, 3.63) is 6.42 Å². The minimum absolute atomic E-state index is 0. The van der Waals surface area contributed by atoms with Gasteiger partial charge >= 0.3 is 69.2 Å². The van der Waals surface area contributed by atoms with Crippen molar-refractivity contribution >= 4 is 31.7 Å². The Morgan fingerprint density at radius 1 is 0.586 bits per heavy atom. The molecule has 9 heteroatoms. The minimum atomic E-state index is -2.90. The Hall–Kier alpha value is 1.47. The standard InChI is InChI=1S/C11H25OP.C11H23.C10H22O2S.C9H20OS.C8H16.V.W/c1-10(2,3)8-13(7,12)9-11(4,5)6;1-10(2,3)8-7-9-11(4,5)6;1-9(2,3)7-13(11,12)8-10(4,5)6;1-8(2)6-11(10)7-9(3,4)5;1-5-6-7-8(2,3)4;;/h8-9H2,1-7H3;7H,8-9H2,1-6H3;7-8H2,1-6H3;8H,6-7H2,1-5H3;5,7H2,1-4H3;;/q;-1;;;;;. The second kappa shape index (κ2) is 29.1. The van der Waals surface area contributed by atoms with E-state index >= 15 is 0 Å². The third-order valence-corrected chi connectivity index (χ3v) is 16.3. The molecule has 0 N–H and O–H groups in total. The van der Waals surface area contributed by atoms with Crippen LogP contribution in [0.25, 0.3) is 0 Å². The van der Waals surface area contributed by atoms with E-state index in [-0.39, 0.29) is 57.1 Å². The van der Waals surface area contributed by atoms with E-state index in [2.05, 4.69) is 152 Å². The van der Waals surface area contributed by atoms with Crippen LogP contribution in [0.3, 0.4) is 0 Å². The average molecular weight is 1090 g/mol. The van der Waals surface area contributed by atoms with Crippen molar-refractivity contribution in [3.8, 4) is 0 Å². The van der Waals surface area contributed by atoms with Gasteiger partial charge in [-0.05, 0) is 39.7 Å². The molecule has 0 aromatic rings. The molecule has 0 aliphatic heterocycles. The van der Waals surface area contributed by atoms with E-state index in [4.69, 9.17) is 0 Å². The van der Waals surface area contributed by atoms with Crippen molar-refractivity contribution in [2.24, 2.45) is 49.2 Å². The van der Waals surface area contributed by atoms with Crippen LogP contribution in [0.5, 0.6) is 0 Å². The Kier molecular flexibility index (Phi) is 35.7. The number of hydrogen-bond donors (Lipinski definition) is 0. The summed E-state index contributed by atoms with van der Waals surface area (Å²) in [6, 6.07) is 0. The Balaban J connectivity index is -0.000000146. The maximum atomic E-state index is 12.2. The summed E-state index contributed by atoms with van der Waals surface area (Å²) in [7, 11) is -5.45. The Labute approximate surface area is 394 Å². The monoisotopic (exact) mass is 1090 g/mol. The zero-order valence-corrected chi connectivity index (χ0v) is 51.3. The van der Waals surface area contributed by atoms with Gasteiger partial charge in [0.05, 0.1) is 18.6 Å². The molecule has 0 saturated carbocycles. The predicted octanol–water partition coefficient (Wildman–Crippen LogP) is 15.6. The smallest absolute Gasteiger partial charge is 0 e. The maximum Gasteiger partial charge on any atom is 0 e. The van der Waals surface area contributed by atoms with Gasteiger partial charge in [0, 0.05) is 53.2 Å². The molecule has 1 radical (unpaired) electrons. The summed E-state index contributed by atoms with van der Waals surface area (Å²) in [6.07, 6.45) is 9.16. The molecule has 0 aromatic carbocycles. The normalized spacial score (nSPS) is 13.9. The fraction of sp³-hybridized carbons (Fsp3) is 0.959. The molecule has 1 atom stereocenters. The van der Waals surface area contributed by atoms with Crippen molar-refractivity contribution in [2.75, 3.05) is 42.0 Å². The van der Waals surface area contributed by atoms with Crippen LogP contribution in [0.4, 0.5) is 0 Å². The van der Waals surface area contributed by atoms with Gasteiger partial charge in [0.25, 0.3) is 0 Å². The maximum absolute atomic E-state index is 12.2. The van der Waals surface area contributed by atoms with Crippen LogP contribution in [0.2, 0.25) is 0 Å². The molecule has 355 valence electrons. The average Bonchev–Trinajstić information content (AvgIpc) is 2.74. The fourth-order valence-corrected chi connectivity index (χ4v) is 16.3. The van der Waals surface area contributed by atoms with Crippen LogP contribution < -0.4 is 0 Å². The molecular formula is C49H106O4PS2VW-. The number of rotatable bonds is 11. The first-order valence-corrected chi connectivity index (χ1v) is 29.0. The molecule has 4 nitrogen and oxygen atoms in total. The van der Waals surface area contributed by atoms with E-state index in [1.54, 1.807) is 23.3 Å². The van der Waals surface area contributed by atoms with E-state index in [1.807, 2.05) is 48.2 Å². The van der Waals surface area contributed by atoms with Crippen LogP contribution in [-0.4, -0.2) is 58.5 Å². The summed E-state index contributed by atoms with van der Waals surface area (Å²) in [4.78, 5) is 0. The van der Waals surface area contributed by atoms with Crippen molar-refractivity contribution < 1.29 is 55.1 Å². The first kappa shape index (κ1) is 71.1. The Bertz CT molecular complexity index is 1190. The van der Waals surface area contributed by atoms with Crippen molar-refractivity contribution in [2.45, 2.75) is 213 Å². The molecule has 0 aliphatic rings. The number of sulfone groups is 1. The van der Waals surface area contributed by atoms with Gasteiger partial charge in [-0.3, -0.25) is 4.21 Å². The van der Waals surface area contributed by atoms with Crippen LogP contribution in [0.1, 0.15) is 213 Å². The van der Waals surface area contributed by atoms with E-state index in [0.717, 1.165) is 23.8 Å². The molecule has 0 rings (SSSR count). The molecule has 0 amide bonds. The van der Waals surface area contributed by atoms with Crippen LogP contribution >= 0.6 is 7.14 Å². The zero-order valence-electron chi connectivity index (χ0n) is 44.5. The predicted molar refractivity (Wildman–Crippen MR) is 264 cm³/mol. The first-order valence-electron chi connectivity index (χ1n) is 21.7. The summed E-state index contributed by atoms with van der Waals surface area (Å²) in [5.74, 6) is 2.77. The third-order valence-electron chi connectivity index (χ3n) is 6.67. The van der Waals surface area contributed by atoms with E-state index in [0.29, 0.717) is 22.2 Å². The molecular weight excluding hydrogens is 982 g/mol. The molecule has 0 aromatic heterocycles. The van der Waals surface area contributed by atoms with Crippen LogP contribution in [-0.2, 0) is 63.1 Å². The SMILES string of the molecule is CC(C)(C)CP(C)(=O)CC(C)(C)C.CC(C)(C)CS(=O)(=O)CC(C)(C)C.CC(C)(C)C[CH-]CC(C)(C)C.CC(C)CS(=O)CC(C)(C)C.CC[C](=[W])CC(C)(C)C.[V]. The minimum Gasteiger partial charge on any atom is 0 e. The second-order valence-corrected chi connectivity index (χ2v) is 35.9. The topological polar surface area (TPSA) is 68.3 Å². The van der Waals surface area contributed by atoms with Crippen LogP contribution in [0, 0.1) is 55.7 Å². The van der Waals surface area contributed by atoms with Gasteiger partial charge in [0.2, 0.25) is 0 Å². The van der Waals surface area contributed by atoms with Gasteiger partial charge in [-0.15, -0.1) is 0 Å². The number of hydrogen-bond acceptors (Lipinski definition) is 4. The third kappa shape index (κ3) is 74.9. The molecule has 0 aliphatic carbocycles. The molecule has 0 fully saturated rings. The summed E-state index contributed by atoms with van der Waals surface area (Å²) >= 11 is 1.67. The molecule has 58 heavy (non-hydrogen) atoms.